The molecule has 0 aliphatic carbocycles. The molecular formula is C10H19NO3. The number of rotatable bonds is 6. The monoisotopic (exact) mass is 201 g/mol. The van der Waals surface area contributed by atoms with Crippen molar-refractivity contribution in [2.45, 2.75) is 20.3 Å². The second-order valence-corrected chi connectivity index (χ2v) is 3.03. The molecule has 0 aliphatic rings. The summed E-state index contributed by atoms with van der Waals surface area (Å²) in [6.45, 7) is 4.09. The zero-order valence-electron chi connectivity index (χ0n) is 8.86. The van der Waals surface area contributed by atoms with Crippen molar-refractivity contribution in [1.82, 2.24) is 4.90 Å². The first-order valence-electron chi connectivity index (χ1n) is 4.85. The Kier molecular flexibility index (Phi) is 7.06. The van der Waals surface area contributed by atoms with Crippen LogP contribution < -0.4 is 0 Å². The molecular weight excluding hydrogens is 182 g/mol. The van der Waals surface area contributed by atoms with Crippen molar-refractivity contribution in [3.05, 3.63) is 11.6 Å². The van der Waals surface area contributed by atoms with Gasteiger partial charge < -0.3 is 15.1 Å². The van der Waals surface area contributed by atoms with Gasteiger partial charge in [0, 0.05) is 18.7 Å². The summed E-state index contributed by atoms with van der Waals surface area (Å²) in [4.78, 5) is 13.1. The highest BCUT2D eigenvalue weighted by Crippen LogP contribution is 2.02. The highest BCUT2D eigenvalue weighted by molar-refractivity contribution is 5.92. The van der Waals surface area contributed by atoms with E-state index >= 15 is 0 Å². The van der Waals surface area contributed by atoms with Gasteiger partial charge in [-0.25, -0.2) is 0 Å². The van der Waals surface area contributed by atoms with E-state index in [0.29, 0.717) is 5.57 Å². The fraction of sp³-hybridized carbons (Fsp3) is 0.700. The van der Waals surface area contributed by atoms with Gasteiger partial charge in [0.1, 0.15) is 0 Å². The van der Waals surface area contributed by atoms with Gasteiger partial charge in [-0.05, 0) is 13.3 Å². The minimum atomic E-state index is -0.116. The van der Waals surface area contributed by atoms with Crippen molar-refractivity contribution in [2.24, 2.45) is 0 Å². The first-order valence-corrected chi connectivity index (χ1v) is 4.85. The molecule has 0 bridgehead atoms. The third-order valence-corrected chi connectivity index (χ3v) is 1.87. The predicted octanol–water partition coefficient (Wildman–Crippen LogP) is 0.156. The number of carbonyl (C=O) groups excluding carboxylic acids is 1. The summed E-state index contributed by atoms with van der Waals surface area (Å²) in [5.74, 6) is -0.116. The molecule has 0 saturated heterocycles. The van der Waals surface area contributed by atoms with Gasteiger partial charge in [-0.15, -0.1) is 0 Å². The second kappa shape index (κ2) is 7.53. The molecule has 0 heterocycles. The summed E-state index contributed by atoms with van der Waals surface area (Å²) in [6.07, 6.45) is 2.65. The number of aliphatic hydroxyl groups excluding tert-OH is 2. The van der Waals surface area contributed by atoms with Crippen molar-refractivity contribution < 1.29 is 15.0 Å². The van der Waals surface area contributed by atoms with Crippen LogP contribution in [0.15, 0.2) is 11.6 Å². The molecule has 0 unspecified atom stereocenters. The van der Waals surface area contributed by atoms with Gasteiger partial charge in [0.2, 0.25) is 5.91 Å². The third-order valence-electron chi connectivity index (χ3n) is 1.87. The zero-order chi connectivity index (χ0) is 11.0. The molecule has 4 nitrogen and oxygen atoms in total. The van der Waals surface area contributed by atoms with E-state index in [1.54, 1.807) is 6.92 Å². The van der Waals surface area contributed by atoms with Crippen LogP contribution in [0, 0.1) is 0 Å². The van der Waals surface area contributed by atoms with E-state index in [1.807, 2.05) is 13.0 Å². The molecule has 0 spiro atoms. The fourth-order valence-electron chi connectivity index (χ4n) is 1.20. The maximum Gasteiger partial charge on any atom is 0.249 e. The highest BCUT2D eigenvalue weighted by atomic mass is 16.3. The smallest absolute Gasteiger partial charge is 0.249 e. The van der Waals surface area contributed by atoms with Crippen LogP contribution in [-0.2, 0) is 4.79 Å². The molecule has 0 aromatic carbocycles. The summed E-state index contributed by atoms with van der Waals surface area (Å²) in [7, 11) is 0. The van der Waals surface area contributed by atoms with Crippen molar-refractivity contribution in [3.8, 4) is 0 Å². The normalized spacial score (nSPS) is 11.6. The number of aliphatic hydroxyl groups is 2. The molecule has 0 atom stereocenters. The van der Waals surface area contributed by atoms with E-state index < -0.39 is 0 Å². The van der Waals surface area contributed by atoms with Crippen LogP contribution in [0.1, 0.15) is 20.3 Å². The largest absolute Gasteiger partial charge is 0.395 e. The summed E-state index contributed by atoms with van der Waals surface area (Å²) in [6, 6.07) is 0. The Labute approximate surface area is 84.8 Å². The first kappa shape index (κ1) is 13.1. The maximum absolute atomic E-state index is 11.6. The average Bonchev–Trinajstić information content (AvgIpc) is 2.17. The van der Waals surface area contributed by atoms with Gasteiger partial charge in [0.15, 0.2) is 0 Å². The van der Waals surface area contributed by atoms with Crippen LogP contribution in [0.3, 0.4) is 0 Å². The van der Waals surface area contributed by atoms with E-state index in [9.17, 15) is 4.79 Å². The van der Waals surface area contributed by atoms with E-state index in [1.165, 1.54) is 4.90 Å². The Bertz CT molecular complexity index is 196. The SMILES string of the molecule is CC/C=C(/C)C(=O)N(CCO)CCO. The van der Waals surface area contributed by atoms with Crippen molar-refractivity contribution >= 4 is 5.91 Å². The predicted molar refractivity (Wildman–Crippen MR) is 54.8 cm³/mol. The van der Waals surface area contributed by atoms with Gasteiger partial charge in [-0.2, -0.15) is 0 Å². The Hall–Kier alpha value is -0.870. The molecule has 2 N–H and O–H groups in total. The minimum Gasteiger partial charge on any atom is -0.395 e. The van der Waals surface area contributed by atoms with Gasteiger partial charge in [0.25, 0.3) is 0 Å². The lowest BCUT2D eigenvalue weighted by Gasteiger charge is -2.20. The Balaban J connectivity index is 4.34. The number of nitrogens with zero attached hydrogens (tertiary/aromatic N) is 1. The van der Waals surface area contributed by atoms with E-state index in [2.05, 4.69) is 0 Å². The number of amides is 1. The van der Waals surface area contributed by atoms with Gasteiger partial charge in [0.05, 0.1) is 13.2 Å². The lowest BCUT2D eigenvalue weighted by molar-refractivity contribution is -0.128. The quantitative estimate of drug-likeness (QED) is 0.602. The fourth-order valence-corrected chi connectivity index (χ4v) is 1.20. The number of carbonyl (C=O) groups is 1. The van der Waals surface area contributed by atoms with Crippen LogP contribution in [0.25, 0.3) is 0 Å². The topological polar surface area (TPSA) is 60.8 Å². The van der Waals surface area contributed by atoms with Crippen molar-refractivity contribution in [2.75, 3.05) is 26.3 Å². The minimum absolute atomic E-state index is 0.0782. The molecule has 0 fully saturated rings. The van der Waals surface area contributed by atoms with Gasteiger partial charge >= 0.3 is 0 Å². The van der Waals surface area contributed by atoms with Crippen LogP contribution in [0.2, 0.25) is 0 Å². The van der Waals surface area contributed by atoms with Crippen LogP contribution in [0.5, 0.6) is 0 Å². The molecule has 1 amide bonds. The molecule has 0 radical (unpaired) electrons. The van der Waals surface area contributed by atoms with Crippen molar-refractivity contribution in [1.29, 1.82) is 0 Å². The molecule has 0 aromatic heterocycles. The van der Waals surface area contributed by atoms with Crippen LogP contribution in [0.4, 0.5) is 0 Å². The van der Waals surface area contributed by atoms with E-state index in [0.717, 1.165) is 6.42 Å². The second-order valence-electron chi connectivity index (χ2n) is 3.03. The number of hydrogen-bond donors (Lipinski definition) is 2. The molecule has 82 valence electrons. The molecule has 0 aliphatic heterocycles. The summed E-state index contributed by atoms with van der Waals surface area (Å²) < 4.78 is 0. The summed E-state index contributed by atoms with van der Waals surface area (Å²) >= 11 is 0. The Morgan fingerprint density at radius 2 is 1.79 bits per heavy atom. The number of allylic oxidation sites excluding steroid dienone is 1. The molecule has 0 saturated carbocycles. The standard InChI is InChI=1S/C10H19NO3/c1-3-4-9(2)10(14)11(5-7-12)6-8-13/h4,12-13H,3,5-8H2,1-2H3/b9-4-. The molecule has 4 heteroatoms. The zero-order valence-corrected chi connectivity index (χ0v) is 8.86. The molecule has 0 rings (SSSR count). The first-order chi connectivity index (χ1) is 6.67. The Morgan fingerprint density at radius 3 is 2.14 bits per heavy atom. The van der Waals surface area contributed by atoms with Crippen LogP contribution in [-0.4, -0.2) is 47.3 Å². The summed E-state index contributed by atoms with van der Waals surface area (Å²) in [5.41, 5.74) is 0.661. The van der Waals surface area contributed by atoms with Crippen LogP contribution >= 0.6 is 0 Å². The third kappa shape index (κ3) is 4.39. The van der Waals surface area contributed by atoms with E-state index in [4.69, 9.17) is 10.2 Å². The van der Waals surface area contributed by atoms with E-state index in [-0.39, 0.29) is 32.2 Å². The lowest BCUT2D eigenvalue weighted by Crippen LogP contribution is -2.36. The maximum atomic E-state index is 11.6. The van der Waals surface area contributed by atoms with Gasteiger partial charge in [-0.3, -0.25) is 4.79 Å². The molecule has 14 heavy (non-hydrogen) atoms. The summed E-state index contributed by atoms with van der Waals surface area (Å²) in [5, 5.41) is 17.5. The Morgan fingerprint density at radius 1 is 1.29 bits per heavy atom. The molecule has 0 aromatic rings. The van der Waals surface area contributed by atoms with Crippen molar-refractivity contribution in [3.63, 3.8) is 0 Å². The average molecular weight is 201 g/mol. The number of hydrogen-bond acceptors (Lipinski definition) is 3. The van der Waals surface area contributed by atoms with Gasteiger partial charge in [-0.1, -0.05) is 13.0 Å². The lowest BCUT2D eigenvalue weighted by atomic mass is 10.2. The highest BCUT2D eigenvalue weighted by Gasteiger charge is 2.13.